The van der Waals surface area contributed by atoms with E-state index >= 15 is 0 Å². The zero-order valence-electron chi connectivity index (χ0n) is 13.4. The molecule has 1 fully saturated rings. The molecule has 0 saturated carbocycles. The quantitative estimate of drug-likeness (QED) is 0.875. The van der Waals surface area contributed by atoms with Crippen molar-refractivity contribution in [2.24, 2.45) is 4.99 Å². The second kappa shape index (κ2) is 6.13. The van der Waals surface area contributed by atoms with Crippen LogP contribution in [0.1, 0.15) is 5.56 Å². The first-order chi connectivity index (χ1) is 11.8. The lowest BCUT2D eigenvalue weighted by Gasteiger charge is -2.30. The van der Waals surface area contributed by atoms with Crippen molar-refractivity contribution in [2.75, 3.05) is 33.3 Å². The van der Waals surface area contributed by atoms with E-state index in [0.29, 0.717) is 17.2 Å². The van der Waals surface area contributed by atoms with Gasteiger partial charge in [-0.15, -0.1) is 0 Å². The Kier molecular flexibility index (Phi) is 3.82. The Morgan fingerprint density at radius 1 is 1.17 bits per heavy atom. The van der Waals surface area contributed by atoms with Gasteiger partial charge >= 0.3 is 0 Å². The predicted molar refractivity (Wildman–Crippen MR) is 90.1 cm³/mol. The summed E-state index contributed by atoms with van der Waals surface area (Å²) >= 11 is 0. The summed E-state index contributed by atoms with van der Waals surface area (Å²) in [6, 6.07) is 10.3. The van der Waals surface area contributed by atoms with Crippen LogP contribution in [0.4, 0.5) is 10.1 Å². The molecule has 0 atom stereocenters. The molecule has 0 radical (unpaired) electrons. The fourth-order valence-corrected chi connectivity index (χ4v) is 2.99. The summed E-state index contributed by atoms with van der Waals surface area (Å²) in [6.07, 6.45) is 0. The van der Waals surface area contributed by atoms with Gasteiger partial charge < -0.3 is 19.7 Å². The highest BCUT2D eigenvalue weighted by Gasteiger charge is 2.25. The molecule has 2 aromatic rings. The molecule has 4 rings (SSSR count). The number of ether oxygens (including phenoxy) is 2. The SMILES string of the molecule is COc1ccc2c(c1)Oc1cccc(F)c1N=C2N1CCNCC1. The van der Waals surface area contributed by atoms with Crippen LogP contribution in [-0.4, -0.2) is 44.0 Å². The van der Waals surface area contributed by atoms with Gasteiger partial charge in [0.1, 0.15) is 23.0 Å². The van der Waals surface area contributed by atoms with Crippen molar-refractivity contribution in [3.05, 3.63) is 47.8 Å². The van der Waals surface area contributed by atoms with Gasteiger partial charge in [0, 0.05) is 32.2 Å². The van der Waals surface area contributed by atoms with E-state index in [0.717, 1.165) is 37.6 Å². The molecule has 0 bridgehead atoms. The summed E-state index contributed by atoms with van der Waals surface area (Å²) in [4.78, 5) is 6.79. The first-order valence-corrected chi connectivity index (χ1v) is 7.95. The fourth-order valence-electron chi connectivity index (χ4n) is 2.99. The van der Waals surface area contributed by atoms with Crippen LogP contribution < -0.4 is 14.8 Å². The second-order valence-corrected chi connectivity index (χ2v) is 5.72. The summed E-state index contributed by atoms with van der Waals surface area (Å²) in [5.41, 5.74) is 1.08. The second-order valence-electron chi connectivity index (χ2n) is 5.72. The summed E-state index contributed by atoms with van der Waals surface area (Å²) in [7, 11) is 1.61. The van der Waals surface area contributed by atoms with Gasteiger partial charge in [-0.2, -0.15) is 0 Å². The molecule has 0 amide bonds. The van der Waals surface area contributed by atoms with Gasteiger partial charge in [-0.1, -0.05) is 6.07 Å². The molecule has 2 heterocycles. The molecular weight excluding hydrogens is 309 g/mol. The van der Waals surface area contributed by atoms with E-state index in [4.69, 9.17) is 9.47 Å². The lowest BCUT2D eigenvalue weighted by molar-refractivity contribution is 0.357. The summed E-state index contributed by atoms with van der Waals surface area (Å²) in [5, 5.41) is 3.32. The van der Waals surface area contributed by atoms with E-state index in [9.17, 15) is 4.39 Å². The number of nitrogens with one attached hydrogen (secondary N) is 1. The number of halogens is 1. The Hall–Kier alpha value is -2.60. The van der Waals surface area contributed by atoms with Gasteiger partial charge in [0.15, 0.2) is 11.6 Å². The first-order valence-electron chi connectivity index (χ1n) is 7.95. The summed E-state index contributed by atoms with van der Waals surface area (Å²) < 4.78 is 25.6. The minimum atomic E-state index is -0.389. The minimum absolute atomic E-state index is 0.237. The molecule has 0 unspecified atom stereocenters. The van der Waals surface area contributed by atoms with Crippen molar-refractivity contribution in [2.45, 2.75) is 0 Å². The summed E-state index contributed by atoms with van der Waals surface area (Å²) in [6.45, 7) is 3.37. The lowest BCUT2D eigenvalue weighted by Crippen LogP contribution is -2.46. The molecule has 124 valence electrons. The number of para-hydroxylation sites is 1. The largest absolute Gasteiger partial charge is 0.497 e. The van der Waals surface area contributed by atoms with Crippen molar-refractivity contribution in [3.63, 3.8) is 0 Å². The molecule has 1 N–H and O–H groups in total. The molecular formula is C18H18FN3O2. The number of amidine groups is 1. The number of benzene rings is 2. The minimum Gasteiger partial charge on any atom is -0.497 e. The van der Waals surface area contributed by atoms with Gasteiger partial charge in [0.25, 0.3) is 0 Å². The van der Waals surface area contributed by atoms with Crippen LogP contribution in [0, 0.1) is 5.82 Å². The van der Waals surface area contributed by atoms with Crippen molar-refractivity contribution in [3.8, 4) is 17.2 Å². The van der Waals surface area contributed by atoms with E-state index < -0.39 is 0 Å². The van der Waals surface area contributed by atoms with Gasteiger partial charge in [-0.05, 0) is 24.3 Å². The number of piperazine rings is 1. The number of aliphatic imine (C=N–C) groups is 1. The standard InChI is InChI=1S/C18H18FN3O2/c1-23-12-5-6-13-16(11-12)24-15-4-2-3-14(19)17(15)21-18(13)22-9-7-20-8-10-22/h2-6,11,20H,7-10H2,1H3. The van der Waals surface area contributed by atoms with Crippen molar-refractivity contribution >= 4 is 11.5 Å². The molecule has 0 aliphatic carbocycles. The molecule has 2 aromatic carbocycles. The zero-order chi connectivity index (χ0) is 16.5. The van der Waals surface area contributed by atoms with Gasteiger partial charge in [-0.3, -0.25) is 0 Å². The molecule has 0 aromatic heterocycles. The molecule has 2 aliphatic rings. The van der Waals surface area contributed by atoms with E-state index in [1.54, 1.807) is 19.2 Å². The molecule has 6 heteroatoms. The molecule has 1 saturated heterocycles. The van der Waals surface area contributed by atoms with Gasteiger partial charge in [-0.25, -0.2) is 9.38 Å². The highest BCUT2D eigenvalue weighted by Crippen LogP contribution is 2.40. The third kappa shape index (κ3) is 2.59. The lowest BCUT2D eigenvalue weighted by atomic mass is 10.1. The van der Waals surface area contributed by atoms with E-state index in [-0.39, 0.29) is 11.5 Å². The van der Waals surface area contributed by atoms with Crippen molar-refractivity contribution < 1.29 is 13.9 Å². The van der Waals surface area contributed by atoms with Crippen LogP contribution in [0.5, 0.6) is 17.2 Å². The monoisotopic (exact) mass is 327 g/mol. The van der Waals surface area contributed by atoms with Gasteiger partial charge in [0.05, 0.1) is 12.7 Å². The number of fused-ring (bicyclic) bond motifs is 2. The maximum Gasteiger partial charge on any atom is 0.156 e. The number of hydrogen-bond acceptors (Lipinski definition) is 5. The highest BCUT2D eigenvalue weighted by molar-refractivity contribution is 6.04. The van der Waals surface area contributed by atoms with Crippen LogP contribution in [0.25, 0.3) is 0 Å². The van der Waals surface area contributed by atoms with Crippen molar-refractivity contribution in [1.82, 2.24) is 10.2 Å². The molecule has 2 aliphatic heterocycles. The first kappa shape index (κ1) is 15.0. The highest BCUT2D eigenvalue weighted by atomic mass is 19.1. The Morgan fingerprint density at radius 2 is 2.00 bits per heavy atom. The number of nitrogens with zero attached hydrogens (tertiary/aromatic N) is 2. The van der Waals surface area contributed by atoms with Crippen molar-refractivity contribution in [1.29, 1.82) is 0 Å². The topological polar surface area (TPSA) is 46.1 Å². The Labute approximate surface area is 139 Å². The molecule has 5 nitrogen and oxygen atoms in total. The van der Waals surface area contributed by atoms with Crippen LogP contribution in [-0.2, 0) is 0 Å². The normalized spacial score (nSPS) is 16.4. The number of methoxy groups -OCH3 is 1. The number of hydrogen-bond donors (Lipinski definition) is 1. The Balaban J connectivity index is 1.89. The third-order valence-corrected chi connectivity index (χ3v) is 4.23. The average Bonchev–Trinajstić information content (AvgIpc) is 2.79. The maximum absolute atomic E-state index is 14.3. The van der Waals surface area contributed by atoms with Crippen LogP contribution in [0.15, 0.2) is 41.4 Å². The van der Waals surface area contributed by atoms with E-state index in [1.807, 2.05) is 18.2 Å². The summed E-state index contributed by atoms with van der Waals surface area (Å²) in [5.74, 6) is 2.07. The average molecular weight is 327 g/mol. The van der Waals surface area contributed by atoms with Gasteiger partial charge in [0.2, 0.25) is 0 Å². The Bertz CT molecular complexity index is 801. The number of rotatable bonds is 1. The predicted octanol–water partition coefficient (Wildman–Crippen LogP) is 2.92. The van der Waals surface area contributed by atoms with Crippen LogP contribution in [0.3, 0.4) is 0 Å². The molecule has 24 heavy (non-hydrogen) atoms. The maximum atomic E-state index is 14.3. The zero-order valence-corrected chi connectivity index (χ0v) is 13.4. The fraction of sp³-hybridized carbons (Fsp3) is 0.278. The van der Waals surface area contributed by atoms with Crippen LogP contribution >= 0.6 is 0 Å². The smallest absolute Gasteiger partial charge is 0.156 e. The third-order valence-electron chi connectivity index (χ3n) is 4.23. The van der Waals surface area contributed by atoms with E-state index in [1.165, 1.54) is 6.07 Å². The van der Waals surface area contributed by atoms with E-state index in [2.05, 4.69) is 15.2 Å². The van der Waals surface area contributed by atoms with Crippen LogP contribution in [0.2, 0.25) is 0 Å². The Morgan fingerprint density at radius 3 is 2.79 bits per heavy atom. The molecule has 0 spiro atoms.